The van der Waals surface area contributed by atoms with E-state index >= 15 is 0 Å². The average Bonchev–Trinajstić information content (AvgIpc) is 2.90. The van der Waals surface area contributed by atoms with E-state index in [0.717, 1.165) is 19.6 Å². The van der Waals surface area contributed by atoms with Crippen molar-refractivity contribution in [2.24, 2.45) is 0 Å². The quantitative estimate of drug-likeness (QED) is 0.834. The Kier molecular flexibility index (Phi) is 4.38. The topological polar surface area (TPSA) is 16.1 Å². The fraction of sp³-hybridized carbons (Fsp3) is 0.353. The number of rotatable bonds is 5. The molecule has 104 valence electrons. The van der Waals surface area contributed by atoms with Gasteiger partial charge in [0.15, 0.2) is 0 Å². The van der Waals surface area contributed by atoms with Crippen molar-refractivity contribution >= 4 is 11.8 Å². The highest BCUT2D eigenvalue weighted by molar-refractivity contribution is 8.00. The molecule has 3 rings (SSSR count). The van der Waals surface area contributed by atoms with Crippen molar-refractivity contribution in [3.63, 3.8) is 0 Å². The minimum Gasteiger partial charge on any atom is -0.298 e. The van der Waals surface area contributed by atoms with Crippen LogP contribution in [0.5, 0.6) is 0 Å². The van der Waals surface area contributed by atoms with Gasteiger partial charge in [-0.3, -0.25) is 9.88 Å². The Morgan fingerprint density at radius 2 is 2.00 bits per heavy atom. The van der Waals surface area contributed by atoms with Crippen molar-refractivity contribution in [2.75, 3.05) is 13.1 Å². The highest BCUT2D eigenvalue weighted by Crippen LogP contribution is 2.37. The zero-order chi connectivity index (χ0) is 13.8. The third-order valence-electron chi connectivity index (χ3n) is 3.78. The van der Waals surface area contributed by atoms with E-state index in [9.17, 15) is 0 Å². The van der Waals surface area contributed by atoms with Crippen molar-refractivity contribution in [1.82, 2.24) is 9.88 Å². The molecule has 0 saturated carbocycles. The molecule has 0 aliphatic carbocycles. The lowest BCUT2D eigenvalue weighted by Gasteiger charge is -2.23. The normalized spacial score (nSPS) is 17.4. The maximum atomic E-state index is 4.09. The fourth-order valence-corrected chi connectivity index (χ4v) is 4.06. The molecule has 0 saturated heterocycles. The molecule has 1 aromatic carbocycles. The summed E-state index contributed by atoms with van der Waals surface area (Å²) in [5.41, 5.74) is 2.87. The van der Waals surface area contributed by atoms with E-state index < -0.39 is 0 Å². The van der Waals surface area contributed by atoms with Crippen LogP contribution in [-0.4, -0.2) is 28.2 Å². The van der Waals surface area contributed by atoms with Gasteiger partial charge in [-0.15, -0.1) is 11.8 Å². The molecule has 1 unspecified atom stereocenters. The molecule has 0 spiro atoms. The first kappa shape index (κ1) is 13.7. The maximum Gasteiger partial charge on any atom is 0.0271 e. The zero-order valence-corrected chi connectivity index (χ0v) is 12.6. The number of fused-ring (bicyclic) bond motifs is 1. The highest BCUT2D eigenvalue weighted by Gasteiger charge is 2.23. The minimum absolute atomic E-state index is 0.689. The maximum absolute atomic E-state index is 4.09. The van der Waals surface area contributed by atoms with Crippen molar-refractivity contribution in [1.29, 1.82) is 0 Å². The van der Waals surface area contributed by atoms with Crippen molar-refractivity contribution in [3.05, 3.63) is 59.9 Å². The van der Waals surface area contributed by atoms with Crippen LogP contribution in [0, 0.1) is 0 Å². The van der Waals surface area contributed by atoms with Crippen LogP contribution in [0.2, 0.25) is 0 Å². The Morgan fingerprint density at radius 3 is 2.75 bits per heavy atom. The molecule has 2 heterocycles. The number of thioether (sulfide) groups is 1. The predicted octanol–water partition coefficient (Wildman–Crippen LogP) is 3.62. The molecule has 2 aromatic rings. The Bertz CT molecular complexity index is 531. The summed E-state index contributed by atoms with van der Waals surface area (Å²) in [5.74, 6) is 0. The summed E-state index contributed by atoms with van der Waals surface area (Å²) in [4.78, 5) is 8.08. The lowest BCUT2D eigenvalue weighted by Crippen LogP contribution is -2.30. The molecular weight excluding hydrogens is 264 g/mol. The van der Waals surface area contributed by atoms with Gasteiger partial charge in [0.1, 0.15) is 0 Å². The van der Waals surface area contributed by atoms with Crippen LogP contribution in [0.4, 0.5) is 0 Å². The summed E-state index contributed by atoms with van der Waals surface area (Å²) < 4.78 is 0. The zero-order valence-electron chi connectivity index (χ0n) is 11.8. The fourth-order valence-electron chi connectivity index (χ4n) is 2.70. The third kappa shape index (κ3) is 3.22. The number of pyridine rings is 1. The summed E-state index contributed by atoms with van der Waals surface area (Å²) in [7, 11) is 0. The molecule has 0 fully saturated rings. The molecule has 1 aliphatic rings. The monoisotopic (exact) mass is 284 g/mol. The molecule has 0 radical (unpaired) electrons. The van der Waals surface area contributed by atoms with E-state index in [0.29, 0.717) is 5.25 Å². The summed E-state index contributed by atoms with van der Waals surface area (Å²) in [6.45, 7) is 5.51. The van der Waals surface area contributed by atoms with Gasteiger partial charge < -0.3 is 0 Å². The molecule has 0 amide bonds. The van der Waals surface area contributed by atoms with Crippen LogP contribution in [0.15, 0.2) is 53.7 Å². The lowest BCUT2D eigenvalue weighted by atomic mass is 10.1. The van der Waals surface area contributed by atoms with Gasteiger partial charge >= 0.3 is 0 Å². The standard InChI is InChI=1S/C17H20N2S/c1-2-19(12-14-7-9-18-10-8-14)13-16-11-15-5-3-4-6-17(15)20-16/h3-10,16H,2,11-13H2,1H3. The molecular formula is C17H20N2S. The van der Waals surface area contributed by atoms with Crippen LogP contribution < -0.4 is 0 Å². The first-order chi connectivity index (χ1) is 9.85. The lowest BCUT2D eigenvalue weighted by molar-refractivity contribution is 0.281. The van der Waals surface area contributed by atoms with E-state index in [-0.39, 0.29) is 0 Å². The van der Waals surface area contributed by atoms with Crippen LogP contribution >= 0.6 is 11.8 Å². The summed E-state index contributed by atoms with van der Waals surface area (Å²) >= 11 is 2.04. The van der Waals surface area contributed by atoms with Crippen LogP contribution in [-0.2, 0) is 13.0 Å². The summed E-state index contributed by atoms with van der Waals surface area (Å²) in [6.07, 6.45) is 4.96. The Morgan fingerprint density at radius 1 is 1.20 bits per heavy atom. The van der Waals surface area contributed by atoms with Gasteiger partial charge in [-0.1, -0.05) is 25.1 Å². The summed E-state index contributed by atoms with van der Waals surface area (Å²) in [5, 5.41) is 0.689. The minimum atomic E-state index is 0.689. The van der Waals surface area contributed by atoms with Crippen molar-refractivity contribution in [3.8, 4) is 0 Å². The SMILES string of the molecule is CCN(Cc1ccncc1)CC1Cc2ccccc2S1. The van der Waals surface area contributed by atoms with Gasteiger partial charge in [0, 0.05) is 35.6 Å². The van der Waals surface area contributed by atoms with Gasteiger partial charge in [-0.05, 0) is 42.3 Å². The highest BCUT2D eigenvalue weighted by atomic mass is 32.2. The molecule has 1 atom stereocenters. The Hall–Kier alpha value is -1.32. The van der Waals surface area contributed by atoms with Gasteiger partial charge in [-0.2, -0.15) is 0 Å². The molecule has 1 aliphatic heterocycles. The van der Waals surface area contributed by atoms with Crippen molar-refractivity contribution in [2.45, 2.75) is 30.0 Å². The molecule has 0 N–H and O–H groups in total. The van der Waals surface area contributed by atoms with E-state index in [4.69, 9.17) is 0 Å². The van der Waals surface area contributed by atoms with Crippen LogP contribution in [0.25, 0.3) is 0 Å². The third-order valence-corrected chi connectivity index (χ3v) is 5.08. The second kappa shape index (κ2) is 6.42. The Labute approximate surface area is 125 Å². The van der Waals surface area contributed by atoms with Gasteiger partial charge in [-0.25, -0.2) is 0 Å². The number of aromatic nitrogens is 1. The molecule has 2 nitrogen and oxygen atoms in total. The summed E-state index contributed by atoms with van der Waals surface area (Å²) in [6, 6.07) is 13.0. The van der Waals surface area contributed by atoms with Crippen LogP contribution in [0.1, 0.15) is 18.1 Å². The number of hydrogen-bond donors (Lipinski definition) is 0. The van der Waals surface area contributed by atoms with Crippen molar-refractivity contribution < 1.29 is 0 Å². The van der Waals surface area contributed by atoms with Crippen LogP contribution in [0.3, 0.4) is 0 Å². The second-order valence-electron chi connectivity index (χ2n) is 5.23. The molecule has 20 heavy (non-hydrogen) atoms. The largest absolute Gasteiger partial charge is 0.298 e. The number of hydrogen-bond acceptors (Lipinski definition) is 3. The second-order valence-corrected chi connectivity index (χ2v) is 6.58. The van der Waals surface area contributed by atoms with Gasteiger partial charge in [0.25, 0.3) is 0 Å². The predicted molar refractivity (Wildman–Crippen MR) is 85.0 cm³/mol. The Balaban J connectivity index is 1.60. The first-order valence-electron chi connectivity index (χ1n) is 7.21. The van der Waals surface area contributed by atoms with E-state index in [2.05, 4.69) is 53.2 Å². The molecule has 3 heteroatoms. The number of benzene rings is 1. The smallest absolute Gasteiger partial charge is 0.0271 e. The van der Waals surface area contributed by atoms with E-state index in [1.165, 1.54) is 22.4 Å². The van der Waals surface area contributed by atoms with E-state index in [1.54, 1.807) is 0 Å². The van der Waals surface area contributed by atoms with Gasteiger partial charge in [0.2, 0.25) is 0 Å². The number of nitrogens with zero attached hydrogens (tertiary/aromatic N) is 2. The average molecular weight is 284 g/mol. The molecule has 0 bridgehead atoms. The first-order valence-corrected chi connectivity index (χ1v) is 8.09. The van der Waals surface area contributed by atoms with Gasteiger partial charge in [0.05, 0.1) is 0 Å². The van der Waals surface area contributed by atoms with E-state index in [1.807, 2.05) is 24.2 Å². The molecule has 1 aromatic heterocycles.